The third kappa shape index (κ3) is 4.42. The van der Waals surface area contributed by atoms with Crippen molar-refractivity contribution in [3.05, 3.63) is 41.2 Å². The van der Waals surface area contributed by atoms with E-state index >= 15 is 0 Å². The van der Waals surface area contributed by atoms with Crippen molar-refractivity contribution in [2.75, 3.05) is 23.3 Å². The Morgan fingerprint density at radius 2 is 1.76 bits per heavy atom. The second-order valence-electron chi connectivity index (χ2n) is 6.78. The molecule has 9 heteroatoms. The van der Waals surface area contributed by atoms with E-state index in [0.29, 0.717) is 5.95 Å². The van der Waals surface area contributed by atoms with Crippen LogP contribution in [0, 0.1) is 0 Å². The molecule has 5 nitrogen and oxygen atoms in total. The van der Waals surface area contributed by atoms with Gasteiger partial charge in [0.2, 0.25) is 5.95 Å². The van der Waals surface area contributed by atoms with E-state index in [1.165, 1.54) is 6.07 Å². The lowest BCUT2D eigenvalue weighted by atomic mass is 10.2. The number of alkyl halides is 3. The van der Waals surface area contributed by atoms with Crippen molar-refractivity contribution in [2.45, 2.75) is 32.9 Å². The van der Waals surface area contributed by atoms with Crippen molar-refractivity contribution in [3.63, 3.8) is 0 Å². The Kier molecular flexibility index (Phi) is 6.21. The molecule has 156 valence electrons. The van der Waals surface area contributed by atoms with Gasteiger partial charge in [0.1, 0.15) is 5.69 Å². The number of nitrogens with zero attached hydrogens (tertiary/aromatic N) is 4. The maximum Gasteiger partial charge on any atom is 0.433 e. The van der Waals surface area contributed by atoms with Crippen LogP contribution in [-0.4, -0.2) is 27.6 Å². The Balaban J connectivity index is 2.00. The van der Waals surface area contributed by atoms with Crippen molar-refractivity contribution in [1.82, 2.24) is 14.5 Å². The van der Waals surface area contributed by atoms with Crippen LogP contribution < -0.4 is 10.2 Å². The molecule has 0 unspecified atom stereocenters. The van der Waals surface area contributed by atoms with Crippen LogP contribution in [0.4, 0.5) is 30.5 Å². The number of hydrogen-bond acceptors (Lipinski definition) is 4. The van der Waals surface area contributed by atoms with Crippen LogP contribution in [0.1, 0.15) is 32.4 Å². The number of para-hydroxylation sites is 1. The quantitative estimate of drug-likeness (QED) is 0.471. The van der Waals surface area contributed by atoms with E-state index in [4.69, 9.17) is 11.6 Å². The van der Waals surface area contributed by atoms with Crippen LogP contribution >= 0.6 is 11.6 Å². The highest BCUT2D eigenvalue weighted by atomic mass is 35.5. The van der Waals surface area contributed by atoms with Crippen LogP contribution in [0.2, 0.25) is 5.15 Å². The highest BCUT2D eigenvalue weighted by Gasteiger charge is 2.33. The fourth-order valence-corrected chi connectivity index (χ4v) is 3.52. The van der Waals surface area contributed by atoms with E-state index in [-0.39, 0.29) is 10.8 Å². The molecule has 2 heterocycles. The molecule has 3 rings (SSSR count). The van der Waals surface area contributed by atoms with Gasteiger partial charge in [-0.15, -0.1) is 0 Å². The van der Waals surface area contributed by atoms with Crippen molar-refractivity contribution in [3.8, 4) is 0 Å². The second kappa shape index (κ2) is 8.49. The zero-order valence-corrected chi connectivity index (χ0v) is 17.3. The van der Waals surface area contributed by atoms with Gasteiger partial charge in [-0.2, -0.15) is 13.2 Å². The van der Waals surface area contributed by atoms with E-state index in [1.54, 1.807) is 0 Å². The minimum Gasteiger partial charge on any atom is -0.370 e. The largest absolute Gasteiger partial charge is 0.433 e. The molecule has 0 radical (unpaired) electrons. The average molecular weight is 426 g/mol. The maximum absolute atomic E-state index is 12.8. The summed E-state index contributed by atoms with van der Waals surface area (Å²) in [5.41, 5.74) is 2.05. The number of hydrogen-bond donors (Lipinski definition) is 1. The summed E-state index contributed by atoms with van der Waals surface area (Å²) in [5, 5.41) is 2.75. The third-order valence-electron chi connectivity index (χ3n) is 4.59. The number of pyridine rings is 1. The summed E-state index contributed by atoms with van der Waals surface area (Å²) in [4.78, 5) is 10.4. The number of rotatable bonds is 7. The number of fused-ring (bicyclic) bond motifs is 1. The van der Waals surface area contributed by atoms with E-state index in [9.17, 15) is 13.2 Å². The fourth-order valence-electron chi connectivity index (χ4n) is 3.31. The monoisotopic (exact) mass is 425 g/mol. The van der Waals surface area contributed by atoms with Gasteiger partial charge in [0.25, 0.3) is 0 Å². The number of nitrogens with one attached hydrogen (secondary N) is 1. The lowest BCUT2D eigenvalue weighted by molar-refractivity contribution is -0.141. The molecule has 0 aliphatic heterocycles. The molecule has 0 amide bonds. The van der Waals surface area contributed by atoms with Crippen molar-refractivity contribution in [2.24, 2.45) is 7.05 Å². The first-order chi connectivity index (χ1) is 13.8. The number of benzene rings is 1. The molecule has 0 aliphatic carbocycles. The predicted octanol–water partition coefficient (Wildman–Crippen LogP) is 6.01. The van der Waals surface area contributed by atoms with Crippen LogP contribution in [0.5, 0.6) is 0 Å². The fraction of sp³-hybridized carbons (Fsp3) is 0.400. The first kappa shape index (κ1) is 21.2. The third-order valence-corrected chi connectivity index (χ3v) is 4.87. The van der Waals surface area contributed by atoms with Crippen LogP contribution in [0.15, 0.2) is 30.3 Å². The van der Waals surface area contributed by atoms with Gasteiger partial charge in [0.15, 0.2) is 5.15 Å². The molecule has 0 saturated heterocycles. The molecule has 1 aromatic carbocycles. The van der Waals surface area contributed by atoms with Crippen LogP contribution in [-0.2, 0) is 13.2 Å². The molecule has 0 aliphatic rings. The SMILES string of the molecule is CCCN(CCC)c1cccc2nc(Nc3ccc(C(F)(F)F)nc3Cl)n(C)c12. The number of aryl methyl sites for hydroxylation is 1. The number of anilines is 3. The smallest absolute Gasteiger partial charge is 0.370 e. The van der Waals surface area contributed by atoms with Gasteiger partial charge in [-0.1, -0.05) is 31.5 Å². The van der Waals surface area contributed by atoms with Gasteiger partial charge in [-0.05, 0) is 37.1 Å². The van der Waals surface area contributed by atoms with E-state index < -0.39 is 11.9 Å². The van der Waals surface area contributed by atoms with Crippen molar-refractivity contribution >= 4 is 40.0 Å². The molecule has 0 atom stereocenters. The lowest BCUT2D eigenvalue weighted by Gasteiger charge is -2.25. The molecule has 0 bridgehead atoms. The highest BCUT2D eigenvalue weighted by molar-refractivity contribution is 6.32. The number of halogens is 4. The number of aromatic nitrogens is 3. The maximum atomic E-state index is 12.8. The van der Waals surface area contributed by atoms with Crippen molar-refractivity contribution in [1.29, 1.82) is 0 Å². The Labute approximate surface area is 172 Å². The topological polar surface area (TPSA) is 46.0 Å². The van der Waals surface area contributed by atoms with Gasteiger partial charge in [0, 0.05) is 20.1 Å². The molecular weight excluding hydrogens is 403 g/mol. The van der Waals surface area contributed by atoms with Crippen LogP contribution in [0.25, 0.3) is 11.0 Å². The summed E-state index contributed by atoms with van der Waals surface area (Å²) in [7, 11) is 1.86. The Morgan fingerprint density at radius 1 is 1.07 bits per heavy atom. The second-order valence-corrected chi connectivity index (χ2v) is 7.14. The zero-order chi connectivity index (χ0) is 21.2. The standard InChI is InChI=1S/C20H23ClF3N5/c1-4-11-29(12-5-2)15-8-6-7-13-17(15)28(3)19(25-13)26-14-9-10-16(20(22,23)24)27-18(14)21/h6-10H,4-5,11-12H2,1-3H3,(H,25,26). The first-order valence-corrected chi connectivity index (χ1v) is 9.85. The first-order valence-electron chi connectivity index (χ1n) is 9.47. The molecule has 2 aromatic heterocycles. The van der Waals surface area contributed by atoms with E-state index in [2.05, 4.69) is 40.1 Å². The van der Waals surface area contributed by atoms with Crippen molar-refractivity contribution < 1.29 is 13.2 Å². The molecule has 0 spiro atoms. The molecule has 3 aromatic rings. The molecule has 0 saturated carbocycles. The molecule has 1 N–H and O–H groups in total. The summed E-state index contributed by atoms with van der Waals surface area (Å²) in [6, 6.07) is 8.09. The molecule has 0 fully saturated rings. The minimum absolute atomic E-state index is 0.259. The van der Waals surface area contributed by atoms with Gasteiger partial charge in [-0.25, -0.2) is 9.97 Å². The summed E-state index contributed by atoms with van der Waals surface area (Å²) in [6.07, 6.45) is -2.50. The summed E-state index contributed by atoms with van der Waals surface area (Å²) < 4.78 is 40.3. The van der Waals surface area contributed by atoms with Gasteiger partial charge < -0.3 is 14.8 Å². The Hall–Kier alpha value is -2.48. The van der Waals surface area contributed by atoms with Crippen LogP contribution in [0.3, 0.4) is 0 Å². The normalized spacial score (nSPS) is 11.8. The molecule has 29 heavy (non-hydrogen) atoms. The lowest BCUT2D eigenvalue weighted by Crippen LogP contribution is -2.25. The van der Waals surface area contributed by atoms with Gasteiger partial charge in [0.05, 0.1) is 22.4 Å². The minimum atomic E-state index is -4.54. The summed E-state index contributed by atoms with van der Waals surface area (Å²) in [5.74, 6) is 0.476. The predicted molar refractivity (Wildman–Crippen MR) is 111 cm³/mol. The zero-order valence-electron chi connectivity index (χ0n) is 16.5. The van der Waals surface area contributed by atoms with Gasteiger partial charge in [-0.3, -0.25) is 0 Å². The highest BCUT2D eigenvalue weighted by Crippen LogP contribution is 2.34. The summed E-state index contributed by atoms with van der Waals surface area (Å²) in [6.45, 7) is 6.13. The summed E-state index contributed by atoms with van der Waals surface area (Å²) >= 11 is 5.98. The van der Waals surface area contributed by atoms with Gasteiger partial charge >= 0.3 is 6.18 Å². The van der Waals surface area contributed by atoms with E-state index in [0.717, 1.165) is 48.7 Å². The number of imidazole rings is 1. The average Bonchev–Trinajstić information content (AvgIpc) is 2.98. The Bertz CT molecular complexity index is 994. The van der Waals surface area contributed by atoms with E-state index in [1.807, 2.05) is 23.7 Å². The Morgan fingerprint density at radius 3 is 2.34 bits per heavy atom. The molecular formula is C20H23ClF3N5.